The predicted octanol–water partition coefficient (Wildman–Crippen LogP) is 1.39. The highest BCUT2D eigenvalue weighted by atomic mass is 19.1. The fourth-order valence-electron chi connectivity index (χ4n) is 3.37. The maximum atomic E-state index is 13.2. The maximum absolute atomic E-state index is 13.2. The zero-order valence-corrected chi connectivity index (χ0v) is 17.2. The molecule has 0 aliphatic carbocycles. The number of halogens is 1. The SMILES string of the molecule is CCc1nncn1CCNC(=NCCOC)N1CCN(c2ccc(F)cc2)CC1. The van der Waals surface area contributed by atoms with Crippen molar-refractivity contribution in [2.45, 2.75) is 19.9 Å². The molecule has 8 nitrogen and oxygen atoms in total. The van der Waals surface area contributed by atoms with Crippen molar-refractivity contribution in [2.24, 2.45) is 4.99 Å². The molecule has 158 valence electrons. The summed E-state index contributed by atoms with van der Waals surface area (Å²) in [7, 11) is 1.68. The second-order valence-electron chi connectivity index (χ2n) is 6.87. The second kappa shape index (κ2) is 10.8. The molecule has 1 aliphatic heterocycles. The van der Waals surface area contributed by atoms with Crippen molar-refractivity contribution < 1.29 is 9.13 Å². The number of nitrogens with one attached hydrogen (secondary N) is 1. The van der Waals surface area contributed by atoms with Crippen LogP contribution >= 0.6 is 0 Å². The van der Waals surface area contributed by atoms with E-state index in [9.17, 15) is 4.39 Å². The molecule has 1 saturated heterocycles. The van der Waals surface area contributed by atoms with E-state index in [4.69, 9.17) is 9.73 Å². The Morgan fingerprint density at radius 3 is 2.66 bits per heavy atom. The molecular weight excluding hydrogens is 373 g/mol. The van der Waals surface area contributed by atoms with Crippen LogP contribution in [0.5, 0.6) is 0 Å². The fraction of sp³-hybridized carbons (Fsp3) is 0.550. The van der Waals surface area contributed by atoms with Crippen LogP contribution in [0.15, 0.2) is 35.6 Å². The Kier molecular flexibility index (Phi) is 7.80. The first-order valence-electron chi connectivity index (χ1n) is 10.1. The standard InChI is InChI=1S/C20H30FN7O/c1-3-19-25-24-16-28(19)10-8-22-20(23-9-15-29-2)27-13-11-26(12-14-27)18-6-4-17(21)5-7-18/h4-7,16H,3,8-15H2,1-2H3,(H,22,23). The molecule has 0 saturated carbocycles. The number of nitrogens with zero attached hydrogens (tertiary/aromatic N) is 6. The first-order valence-corrected chi connectivity index (χ1v) is 10.1. The Morgan fingerprint density at radius 2 is 1.97 bits per heavy atom. The Labute approximate surface area is 171 Å². The summed E-state index contributed by atoms with van der Waals surface area (Å²) < 4.78 is 20.4. The molecule has 0 spiro atoms. The van der Waals surface area contributed by atoms with E-state index in [0.29, 0.717) is 13.2 Å². The first-order chi connectivity index (χ1) is 14.2. The summed E-state index contributed by atoms with van der Waals surface area (Å²) in [6.45, 7) is 8.24. The van der Waals surface area contributed by atoms with Crippen molar-refractivity contribution >= 4 is 11.6 Å². The van der Waals surface area contributed by atoms with Gasteiger partial charge in [-0.2, -0.15) is 0 Å². The molecule has 1 aromatic carbocycles. The van der Waals surface area contributed by atoms with Gasteiger partial charge in [-0.1, -0.05) is 6.92 Å². The minimum Gasteiger partial charge on any atom is -0.383 e. The molecule has 0 bridgehead atoms. The second-order valence-corrected chi connectivity index (χ2v) is 6.87. The lowest BCUT2D eigenvalue weighted by Gasteiger charge is -2.37. The van der Waals surface area contributed by atoms with Gasteiger partial charge < -0.3 is 24.4 Å². The van der Waals surface area contributed by atoms with Gasteiger partial charge in [0.1, 0.15) is 18.0 Å². The van der Waals surface area contributed by atoms with Gasteiger partial charge >= 0.3 is 0 Å². The van der Waals surface area contributed by atoms with E-state index in [1.807, 2.05) is 12.1 Å². The Morgan fingerprint density at radius 1 is 1.21 bits per heavy atom. The zero-order valence-electron chi connectivity index (χ0n) is 17.2. The topological polar surface area (TPSA) is 70.8 Å². The average molecular weight is 404 g/mol. The van der Waals surface area contributed by atoms with E-state index in [2.05, 4.69) is 36.8 Å². The van der Waals surface area contributed by atoms with Gasteiger partial charge in [0.05, 0.1) is 13.2 Å². The highest BCUT2D eigenvalue weighted by molar-refractivity contribution is 5.80. The molecule has 29 heavy (non-hydrogen) atoms. The van der Waals surface area contributed by atoms with Crippen molar-refractivity contribution in [2.75, 3.05) is 57.9 Å². The number of guanidine groups is 1. The summed E-state index contributed by atoms with van der Waals surface area (Å²) in [5.41, 5.74) is 1.05. The maximum Gasteiger partial charge on any atom is 0.194 e. The normalized spacial score (nSPS) is 15.1. The van der Waals surface area contributed by atoms with Crippen LogP contribution in [0, 0.1) is 5.82 Å². The summed E-state index contributed by atoms with van der Waals surface area (Å²) in [6, 6.07) is 6.69. The van der Waals surface area contributed by atoms with Gasteiger partial charge in [-0.3, -0.25) is 4.99 Å². The van der Waals surface area contributed by atoms with Crippen LogP contribution in [0.25, 0.3) is 0 Å². The summed E-state index contributed by atoms with van der Waals surface area (Å²) in [5.74, 6) is 1.67. The van der Waals surface area contributed by atoms with Crippen LogP contribution < -0.4 is 10.2 Å². The van der Waals surface area contributed by atoms with Gasteiger partial charge in [0.25, 0.3) is 0 Å². The van der Waals surface area contributed by atoms with Gasteiger partial charge in [-0.15, -0.1) is 10.2 Å². The number of anilines is 1. The quantitative estimate of drug-likeness (QED) is 0.408. The third kappa shape index (κ3) is 5.90. The monoisotopic (exact) mass is 403 g/mol. The van der Waals surface area contributed by atoms with Gasteiger partial charge in [-0.05, 0) is 24.3 Å². The molecular formula is C20H30FN7O. The predicted molar refractivity (Wildman–Crippen MR) is 112 cm³/mol. The number of aliphatic imine (C=N–C) groups is 1. The number of methoxy groups -OCH3 is 1. The molecule has 9 heteroatoms. The highest BCUT2D eigenvalue weighted by Crippen LogP contribution is 2.17. The lowest BCUT2D eigenvalue weighted by atomic mass is 10.2. The van der Waals surface area contributed by atoms with E-state index in [1.165, 1.54) is 12.1 Å². The fourth-order valence-corrected chi connectivity index (χ4v) is 3.37. The molecule has 0 radical (unpaired) electrons. The van der Waals surface area contributed by atoms with Crippen LogP contribution in [0.3, 0.4) is 0 Å². The molecule has 0 atom stereocenters. The van der Waals surface area contributed by atoms with Crippen molar-refractivity contribution in [3.05, 3.63) is 42.2 Å². The number of aromatic nitrogens is 3. The third-order valence-electron chi connectivity index (χ3n) is 4.98. The lowest BCUT2D eigenvalue weighted by molar-refractivity contribution is 0.207. The molecule has 1 fully saturated rings. The molecule has 1 aromatic heterocycles. The average Bonchev–Trinajstić information content (AvgIpc) is 3.21. The van der Waals surface area contributed by atoms with Crippen LogP contribution in [0.2, 0.25) is 0 Å². The number of benzene rings is 1. The number of hydrogen-bond donors (Lipinski definition) is 1. The Bertz CT molecular complexity index is 769. The largest absolute Gasteiger partial charge is 0.383 e. The van der Waals surface area contributed by atoms with E-state index in [-0.39, 0.29) is 5.82 Å². The van der Waals surface area contributed by atoms with Crippen molar-refractivity contribution in [3.8, 4) is 0 Å². The number of hydrogen-bond acceptors (Lipinski definition) is 5. The molecule has 0 unspecified atom stereocenters. The van der Waals surface area contributed by atoms with Crippen LogP contribution in [-0.2, 0) is 17.7 Å². The van der Waals surface area contributed by atoms with Crippen LogP contribution in [0.1, 0.15) is 12.7 Å². The zero-order chi connectivity index (χ0) is 20.5. The van der Waals surface area contributed by atoms with E-state index >= 15 is 0 Å². The Hall–Kier alpha value is -2.68. The first kappa shape index (κ1) is 21.0. The summed E-state index contributed by atoms with van der Waals surface area (Å²) in [4.78, 5) is 9.24. The highest BCUT2D eigenvalue weighted by Gasteiger charge is 2.20. The van der Waals surface area contributed by atoms with Gasteiger partial charge in [0, 0.05) is 58.5 Å². The molecule has 0 amide bonds. The number of aryl methyl sites for hydroxylation is 1. The third-order valence-corrected chi connectivity index (χ3v) is 4.98. The van der Waals surface area contributed by atoms with Crippen molar-refractivity contribution in [3.63, 3.8) is 0 Å². The van der Waals surface area contributed by atoms with Crippen molar-refractivity contribution in [1.82, 2.24) is 25.0 Å². The summed E-state index contributed by atoms with van der Waals surface area (Å²) in [6.07, 6.45) is 2.63. The summed E-state index contributed by atoms with van der Waals surface area (Å²) >= 11 is 0. The molecule has 2 heterocycles. The minimum atomic E-state index is -0.205. The van der Waals surface area contributed by atoms with Crippen LogP contribution in [0.4, 0.5) is 10.1 Å². The molecule has 1 N–H and O–H groups in total. The molecule has 3 rings (SSSR count). The smallest absolute Gasteiger partial charge is 0.194 e. The van der Waals surface area contributed by atoms with E-state index < -0.39 is 0 Å². The molecule has 2 aromatic rings. The van der Waals surface area contributed by atoms with Gasteiger partial charge in [0.15, 0.2) is 5.96 Å². The molecule has 1 aliphatic rings. The van der Waals surface area contributed by atoms with Gasteiger partial charge in [0.2, 0.25) is 0 Å². The number of rotatable bonds is 8. The van der Waals surface area contributed by atoms with E-state index in [1.54, 1.807) is 13.4 Å². The Balaban J connectivity index is 1.55. The number of piperazine rings is 1. The van der Waals surface area contributed by atoms with Crippen molar-refractivity contribution in [1.29, 1.82) is 0 Å². The van der Waals surface area contributed by atoms with E-state index in [0.717, 1.165) is 63.2 Å². The van der Waals surface area contributed by atoms with Gasteiger partial charge in [-0.25, -0.2) is 4.39 Å². The summed E-state index contributed by atoms with van der Waals surface area (Å²) in [5, 5.41) is 11.6. The van der Waals surface area contributed by atoms with Crippen LogP contribution in [-0.4, -0.2) is 78.6 Å². The minimum absolute atomic E-state index is 0.205. The lowest BCUT2D eigenvalue weighted by Crippen LogP contribution is -2.53. The number of ether oxygens (including phenoxy) is 1.